The van der Waals surface area contributed by atoms with Gasteiger partial charge in [-0.2, -0.15) is 0 Å². The van der Waals surface area contributed by atoms with E-state index in [1.807, 2.05) is 0 Å². The summed E-state index contributed by atoms with van der Waals surface area (Å²) >= 11 is 1.51. The second kappa shape index (κ2) is 6.50. The Labute approximate surface area is 167 Å². The molecule has 1 amide bonds. The van der Waals surface area contributed by atoms with Crippen molar-refractivity contribution in [1.82, 2.24) is 9.29 Å². The number of piperidine rings is 1. The molecule has 2 aliphatic rings. The van der Waals surface area contributed by atoms with Gasteiger partial charge in [0.2, 0.25) is 15.9 Å². The van der Waals surface area contributed by atoms with Crippen LogP contribution < -0.4 is 5.32 Å². The van der Waals surface area contributed by atoms with E-state index in [1.54, 1.807) is 0 Å². The number of amides is 1. The highest BCUT2D eigenvalue weighted by atomic mass is 32.2. The van der Waals surface area contributed by atoms with E-state index in [9.17, 15) is 13.2 Å². The number of fused-ring (bicyclic) bond motifs is 2. The van der Waals surface area contributed by atoms with E-state index in [0.717, 1.165) is 23.1 Å². The fraction of sp³-hybridized carbons (Fsp3) is 0.400. The molecule has 0 unspecified atom stereocenters. The Kier molecular flexibility index (Phi) is 4.19. The number of sulfonamides is 1. The Morgan fingerprint density at radius 3 is 2.71 bits per heavy atom. The maximum atomic E-state index is 12.7. The molecule has 1 aliphatic heterocycles. The third-order valence-corrected chi connectivity index (χ3v) is 8.09. The van der Waals surface area contributed by atoms with Crippen molar-refractivity contribution in [2.75, 3.05) is 24.7 Å². The molecule has 0 atom stereocenters. The molecular weight excluding hydrogens is 394 g/mol. The number of nitrogens with one attached hydrogen (secondary N) is 1. The van der Waals surface area contributed by atoms with Crippen LogP contribution in [0.25, 0.3) is 21.0 Å². The Morgan fingerprint density at radius 1 is 1.21 bits per heavy atom. The first kappa shape index (κ1) is 18.0. The SMILES string of the molecule is CS(=O)(=O)N1CCC(C(=O)Nc2nc3c(cc4c5c(cccc53)CC4)s2)CC1. The largest absolute Gasteiger partial charge is 0.302 e. The number of thiazole rings is 1. The summed E-state index contributed by atoms with van der Waals surface area (Å²) in [4.78, 5) is 17.4. The van der Waals surface area contributed by atoms with Gasteiger partial charge in [0.1, 0.15) is 0 Å². The van der Waals surface area contributed by atoms with Gasteiger partial charge < -0.3 is 5.32 Å². The fourth-order valence-corrected chi connectivity index (χ4v) is 6.24. The van der Waals surface area contributed by atoms with Crippen LogP contribution in [0.3, 0.4) is 0 Å². The molecule has 1 aromatic heterocycles. The zero-order valence-electron chi connectivity index (χ0n) is 15.6. The van der Waals surface area contributed by atoms with Crippen molar-refractivity contribution in [3.05, 3.63) is 35.4 Å². The summed E-state index contributed by atoms with van der Waals surface area (Å²) in [5, 5.41) is 6.08. The van der Waals surface area contributed by atoms with Crippen LogP contribution in [0.1, 0.15) is 24.0 Å². The van der Waals surface area contributed by atoms with Crippen molar-refractivity contribution in [1.29, 1.82) is 0 Å². The Hall–Kier alpha value is -2.03. The second-order valence-corrected chi connectivity index (χ2v) is 10.7. The zero-order chi connectivity index (χ0) is 19.5. The van der Waals surface area contributed by atoms with Gasteiger partial charge in [0, 0.05) is 24.4 Å². The molecule has 5 rings (SSSR count). The van der Waals surface area contributed by atoms with Gasteiger partial charge >= 0.3 is 0 Å². The third-order valence-electron chi connectivity index (χ3n) is 5.87. The lowest BCUT2D eigenvalue weighted by Crippen LogP contribution is -2.40. The number of rotatable bonds is 3. The number of aromatic nitrogens is 1. The zero-order valence-corrected chi connectivity index (χ0v) is 17.2. The Bertz CT molecular complexity index is 1210. The van der Waals surface area contributed by atoms with Crippen molar-refractivity contribution in [2.24, 2.45) is 5.92 Å². The summed E-state index contributed by atoms with van der Waals surface area (Å²) < 4.78 is 25.8. The molecule has 0 radical (unpaired) electrons. The molecule has 8 heteroatoms. The van der Waals surface area contributed by atoms with E-state index in [2.05, 4.69) is 29.6 Å². The van der Waals surface area contributed by atoms with Crippen LogP contribution in [0.2, 0.25) is 0 Å². The average molecular weight is 416 g/mol. The van der Waals surface area contributed by atoms with Gasteiger partial charge in [0.05, 0.1) is 16.5 Å². The van der Waals surface area contributed by atoms with Crippen LogP contribution in [-0.2, 0) is 27.7 Å². The Morgan fingerprint density at radius 2 is 1.96 bits per heavy atom. The number of aryl methyl sites for hydroxylation is 2. The number of carbonyl (C=O) groups excluding carboxylic acids is 1. The van der Waals surface area contributed by atoms with Crippen LogP contribution in [0.4, 0.5) is 5.13 Å². The number of hydrogen-bond donors (Lipinski definition) is 1. The van der Waals surface area contributed by atoms with Crippen LogP contribution in [0.15, 0.2) is 24.3 Å². The van der Waals surface area contributed by atoms with E-state index in [0.29, 0.717) is 31.1 Å². The molecule has 2 heterocycles. The lowest BCUT2D eigenvalue weighted by atomic mass is 9.97. The molecule has 2 aromatic carbocycles. The molecule has 3 aromatic rings. The van der Waals surface area contributed by atoms with Gasteiger partial charge in [-0.3, -0.25) is 4.79 Å². The molecule has 146 valence electrons. The maximum absolute atomic E-state index is 12.7. The molecule has 0 spiro atoms. The summed E-state index contributed by atoms with van der Waals surface area (Å²) in [6.45, 7) is 0.793. The van der Waals surface area contributed by atoms with Gasteiger partial charge in [0.25, 0.3) is 0 Å². The third kappa shape index (κ3) is 3.00. The summed E-state index contributed by atoms with van der Waals surface area (Å²) in [6, 6.07) is 8.59. The Balaban J connectivity index is 1.38. The monoisotopic (exact) mass is 415 g/mol. The molecule has 1 saturated heterocycles. The highest BCUT2D eigenvalue weighted by molar-refractivity contribution is 7.88. The van der Waals surface area contributed by atoms with E-state index < -0.39 is 10.0 Å². The molecule has 1 N–H and O–H groups in total. The first-order valence-electron chi connectivity index (χ1n) is 9.50. The molecule has 6 nitrogen and oxygen atoms in total. The first-order chi connectivity index (χ1) is 13.4. The molecule has 1 fully saturated rings. The van der Waals surface area contributed by atoms with Gasteiger partial charge in [0.15, 0.2) is 5.13 Å². The predicted octanol–water partition coefficient (Wildman–Crippen LogP) is 3.16. The van der Waals surface area contributed by atoms with Crippen LogP contribution in [0, 0.1) is 5.92 Å². The fourth-order valence-electron chi connectivity index (χ4n) is 4.42. The number of carbonyl (C=O) groups is 1. The van der Waals surface area contributed by atoms with Gasteiger partial charge in [-0.15, -0.1) is 0 Å². The molecule has 1 aliphatic carbocycles. The average Bonchev–Trinajstić information content (AvgIpc) is 3.26. The van der Waals surface area contributed by atoms with E-state index in [4.69, 9.17) is 4.98 Å². The predicted molar refractivity (Wildman–Crippen MR) is 112 cm³/mol. The molecular formula is C20H21N3O3S2. The van der Waals surface area contributed by atoms with E-state index >= 15 is 0 Å². The quantitative estimate of drug-likeness (QED) is 0.713. The van der Waals surface area contributed by atoms with E-state index in [-0.39, 0.29) is 11.8 Å². The standard InChI is InChI=1S/C20H21N3O3S2/c1-28(25,26)23-9-7-13(8-10-23)19(24)22-20-21-18-15-4-2-3-12-5-6-14(17(12)15)11-16(18)27-20/h2-4,11,13H,5-10H2,1H3,(H,21,22,24). The van der Waals surface area contributed by atoms with Crippen molar-refractivity contribution < 1.29 is 13.2 Å². The first-order valence-corrected chi connectivity index (χ1v) is 12.2. The lowest BCUT2D eigenvalue weighted by molar-refractivity contribution is -0.120. The number of hydrogen-bond acceptors (Lipinski definition) is 5. The summed E-state index contributed by atoms with van der Waals surface area (Å²) in [6.07, 6.45) is 4.44. The van der Waals surface area contributed by atoms with Gasteiger partial charge in [-0.05, 0) is 48.3 Å². The van der Waals surface area contributed by atoms with Gasteiger partial charge in [-0.25, -0.2) is 17.7 Å². The lowest BCUT2D eigenvalue weighted by Gasteiger charge is -2.29. The summed E-state index contributed by atoms with van der Waals surface area (Å²) in [7, 11) is -3.18. The smallest absolute Gasteiger partial charge is 0.229 e. The summed E-state index contributed by atoms with van der Waals surface area (Å²) in [5.74, 6) is -0.243. The number of anilines is 1. The second-order valence-electron chi connectivity index (χ2n) is 7.67. The minimum atomic E-state index is -3.18. The van der Waals surface area contributed by atoms with Crippen molar-refractivity contribution >= 4 is 53.4 Å². The van der Waals surface area contributed by atoms with Crippen molar-refractivity contribution in [3.8, 4) is 0 Å². The minimum absolute atomic E-state index is 0.0653. The van der Waals surface area contributed by atoms with Crippen LogP contribution in [-0.4, -0.2) is 43.0 Å². The highest BCUT2D eigenvalue weighted by Gasteiger charge is 2.29. The number of nitrogens with zero attached hydrogens (tertiary/aromatic N) is 2. The van der Waals surface area contributed by atoms with Crippen LogP contribution in [0.5, 0.6) is 0 Å². The molecule has 0 bridgehead atoms. The van der Waals surface area contributed by atoms with Crippen molar-refractivity contribution in [2.45, 2.75) is 25.7 Å². The maximum Gasteiger partial charge on any atom is 0.229 e. The van der Waals surface area contributed by atoms with Crippen LogP contribution >= 0.6 is 11.3 Å². The molecule has 0 saturated carbocycles. The van der Waals surface area contributed by atoms with Crippen molar-refractivity contribution in [3.63, 3.8) is 0 Å². The van der Waals surface area contributed by atoms with E-state index in [1.165, 1.54) is 43.8 Å². The van der Waals surface area contributed by atoms with Gasteiger partial charge in [-0.1, -0.05) is 29.5 Å². The number of benzene rings is 2. The minimum Gasteiger partial charge on any atom is -0.302 e. The normalized spacial score (nSPS) is 18.2. The summed E-state index contributed by atoms with van der Waals surface area (Å²) in [5.41, 5.74) is 3.70. The highest BCUT2D eigenvalue weighted by Crippen LogP contribution is 2.39. The topological polar surface area (TPSA) is 79.4 Å². The molecule has 28 heavy (non-hydrogen) atoms.